The van der Waals surface area contributed by atoms with Crippen LogP contribution in [0, 0.1) is 5.39 Å². The summed E-state index contributed by atoms with van der Waals surface area (Å²) in [5.41, 5.74) is 1.64. The van der Waals surface area contributed by atoms with Gasteiger partial charge in [-0.15, -0.1) is 0 Å². The summed E-state index contributed by atoms with van der Waals surface area (Å²) in [6, 6.07) is 13.5. The zero-order valence-electron chi connectivity index (χ0n) is 8.67. The van der Waals surface area contributed by atoms with E-state index in [9.17, 15) is 0 Å². The van der Waals surface area contributed by atoms with Gasteiger partial charge in [-0.3, -0.25) is 0 Å². The van der Waals surface area contributed by atoms with Gasteiger partial charge in [-0.1, -0.05) is 30.3 Å². The molecule has 1 aromatic heterocycles. The fourth-order valence-corrected chi connectivity index (χ4v) is 1.34. The topological polar surface area (TPSA) is 53.1 Å². The summed E-state index contributed by atoms with van der Waals surface area (Å²) in [7, 11) is 0. The first kappa shape index (κ1) is 10.1. The molecule has 1 aromatic carbocycles. The van der Waals surface area contributed by atoms with Gasteiger partial charge in [0.1, 0.15) is 12.0 Å². The second-order valence-corrected chi connectivity index (χ2v) is 3.34. The first-order chi connectivity index (χ1) is 7.88. The number of benzene rings is 1. The summed E-state index contributed by atoms with van der Waals surface area (Å²) in [6.07, 6.45) is 1.51. The molecule has 16 heavy (non-hydrogen) atoms. The molecule has 0 atom stereocenters. The van der Waals surface area contributed by atoms with E-state index in [1.54, 1.807) is 12.1 Å². The Morgan fingerprint density at radius 1 is 1.12 bits per heavy atom. The van der Waals surface area contributed by atoms with E-state index in [-0.39, 0.29) is 0 Å². The van der Waals surface area contributed by atoms with Gasteiger partial charge in [0.25, 0.3) is 0 Å². The van der Waals surface area contributed by atoms with E-state index in [4.69, 9.17) is 5.39 Å². The Balaban J connectivity index is 1.98. The standard InChI is InChI=1S/C12H11N4/c13-16-11-6-7-12(15-9-11)14-8-10-4-2-1-3-5-10/h1-7,9H,8H2,(H,14,15)/q+1. The number of diazo groups is 1. The Hall–Kier alpha value is -2.41. The largest absolute Gasteiger partial charge is 0.403 e. The molecule has 0 saturated carbocycles. The maximum atomic E-state index is 8.50. The van der Waals surface area contributed by atoms with Crippen LogP contribution >= 0.6 is 0 Å². The Labute approximate surface area is 93.6 Å². The lowest BCUT2D eigenvalue weighted by Crippen LogP contribution is -2.00. The first-order valence-electron chi connectivity index (χ1n) is 4.97. The monoisotopic (exact) mass is 211 g/mol. The molecule has 0 amide bonds. The quantitative estimate of drug-likeness (QED) is 0.793. The number of pyridine rings is 1. The van der Waals surface area contributed by atoms with Gasteiger partial charge in [-0.2, -0.15) is 0 Å². The van der Waals surface area contributed by atoms with E-state index in [0.29, 0.717) is 5.69 Å². The predicted molar refractivity (Wildman–Crippen MR) is 62.7 cm³/mol. The van der Waals surface area contributed by atoms with Crippen molar-refractivity contribution in [2.75, 3.05) is 5.32 Å². The molecule has 0 saturated heterocycles. The molecule has 0 fully saturated rings. The van der Waals surface area contributed by atoms with Crippen LogP contribution in [0.1, 0.15) is 5.56 Å². The minimum atomic E-state index is 0.449. The lowest BCUT2D eigenvalue weighted by Gasteiger charge is -2.03. The van der Waals surface area contributed by atoms with Gasteiger partial charge in [-0.05, 0) is 11.6 Å². The molecular weight excluding hydrogens is 200 g/mol. The van der Waals surface area contributed by atoms with Crippen molar-refractivity contribution in [1.82, 2.24) is 4.98 Å². The molecule has 0 aliphatic carbocycles. The van der Waals surface area contributed by atoms with Crippen molar-refractivity contribution in [3.05, 3.63) is 59.2 Å². The van der Waals surface area contributed by atoms with Crippen LogP contribution < -0.4 is 5.32 Å². The fraction of sp³-hybridized carbons (Fsp3) is 0.0833. The highest BCUT2D eigenvalue weighted by atomic mass is 15.0. The zero-order valence-corrected chi connectivity index (χ0v) is 8.67. The highest BCUT2D eigenvalue weighted by Crippen LogP contribution is 2.13. The van der Waals surface area contributed by atoms with Crippen molar-refractivity contribution in [3.63, 3.8) is 0 Å². The van der Waals surface area contributed by atoms with E-state index in [1.165, 1.54) is 11.8 Å². The van der Waals surface area contributed by atoms with Crippen LogP contribution in [-0.4, -0.2) is 4.98 Å². The molecule has 2 aromatic rings. The Kier molecular flexibility index (Phi) is 3.10. The SMILES string of the molecule is N#[N+]c1ccc(NCc2ccccc2)nc1. The van der Waals surface area contributed by atoms with Gasteiger partial charge in [-0.25, -0.2) is 4.98 Å². The normalized spacial score (nSPS) is 9.44. The molecule has 0 unspecified atom stereocenters. The highest BCUT2D eigenvalue weighted by molar-refractivity contribution is 5.47. The van der Waals surface area contributed by atoms with Crippen LogP contribution in [-0.2, 0) is 6.54 Å². The van der Waals surface area contributed by atoms with Crippen molar-refractivity contribution in [3.8, 4) is 0 Å². The second-order valence-electron chi connectivity index (χ2n) is 3.34. The molecule has 78 valence electrons. The summed E-state index contributed by atoms with van der Waals surface area (Å²) in [6.45, 7) is 0.726. The molecule has 4 heteroatoms. The van der Waals surface area contributed by atoms with Gasteiger partial charge in [0.15, 0.2) is 4.98 Å². The Bertz CT molecular complexity index is 485. The fourth-order valence-electron chi connectivity index (χ4n) is 1.34. The number of hydrogen-bond donors (Lipinski definition) is 1. The number of aromatic nitrogens is 1. The third kappa shape index (κ3) is 2.55. The summed E-state index contributed by atoms with van der Waals surface area (Å²) < 4.78 is 0. The van der Waals surface area contributed by atoms with E-state index >= 15 is 0 Å². The van der Waals surface area contributed by atoms with E-state index in [1.807, 2.05) is 30.3 Å². The minimum absolute atomic E-state index is 0.449. The van der Waals surface area contributed by atoms with E-state index in [0.717, 1.165) is 12.4 Å². The Morgan fingerprint density at radius 3 is 2.56 bits per heavy atom. The molecule has 0 bridgehead atoms. The first-order valence-corrected chi connectivity index (χ1v) is 4.97. The maximum Gasteiger partial charge on any atom is 0.403 e. The average Bonchev–Trinajstić information content (AvgIpc) is 2.38. The zero-order chi connectivity index (χ0) is 11.2. The third-order valence-corrected chi connectivity index (χ3v) is 2.18. The van der Waals surface area contributed by atoms with Crippen LogP contribution in [0.3, 0.4) is 0 Å². The van der Waals surface area contributed by atoms with Crippen molar-refractivity contribution in [1.29, 1.82) is 5.39 Å². The molecule has 0 aliphatic heterocycles. The third-order valence-electron chi connectivity index (χ3n) is 2.18. The number of nitrogens with one attached hydrogen (secondary N) is 1. The van der Waals surface area contributed by atoms with Gasteiger partial charge in [0.2, 0.25) is 5.39 Å². The van der Waals surface area contributed by atoms with Crippen molar-refractivity contribution in [2.24, 2.45) is 0 Å². The number of anilines is 1. The predicted octanol–water partition coefficient (Wildman–Crippen LogP) is 3.18. The molecular formula is C12H11N4+. The van der Waals surface area contributed by atoms with Crippen LogP contribution in [0.25, 0.3) is 4.98 Å². The summed E-state index contributed by atoms with van der Waals surface area (Å²) >= 11 is 0. The molecule has 0 spiro atoms. The van der Waals surface area contributed by atoms with Crippen LogP contribution in [0.5, 0.6) is 0 Å². The van der Waals surface area contributed by atoms with Crippen LogP contribution in [0.4, 0.5) is 11.5 Å². The number of nitrogens with zero attached hydrogens (tertiary/aromatic N) is 3. The van der Waals surface area contributed by atoms with E-state index < -0.39 is 0 Å². The molecule has 1 N–H and O–H groups in total. The summed E-state index contributed by atoms with van der Waals surface area (Å²) in [5, 5.41) is 11.7. The van der Waals surface area contributed by atoms with Gasteiger partial charge in [0.05, 0.1) is 0 Å². The van der Waals surface area contributed by atoms with Gasteiger partial charge < -0.3 is 5.32 Å². The minimum Gasteiger partial charge on any atom is -0.366 e. The number of hydrogen-bond acceptors (Lipinski definition) is 3. The van der Waals surface area contributed by atoms with Crippen molar-refractivity contribution < 1.29 is 0 Å². The van der Waals surface area contributed by atoms with Crippen LogP contribution in [0.15, 0.2) is 48.7 Å². The molecule has 1 heterocycles. The summed E-state index contributed by atoms with van der Waals surface area (Å²) in [5.74, 6) is 0.760. The Morgan fingerprint density at radius 2 is 1.94 bits per heavy atom. The van der Waals surface area contributed by atoms with Crippen molar-refractivity contribution in [2.45, 2.75) is 6.54 Å². The van der Waals surface area contributed by atoms with E-state index in [2.05, 4.69) is 15.3 Å². The summed E-state index contributed by atoms with van der Waals surface area (Å²) in [4.78, 5) is 7.14. The lowest BCUT2D eigenvalue weighted by atomic mass is 10.2. The van der Waals surface area contributed by atoms with Crippen LogP contribution in [0.2, 0.25) is 0 Å². The average molecular weight is 211 g/mol. The lowest BCUT2D eigenvalue weighted by molar-refractivity contribution is 1.11. The smallest absolute Gasteiger partial charge is 0.366 e. The number of rotatable bonds is 3. The molecule has 0 aliphatic rings. The second kappa shape index (κ2) is 4.89. The van der Waals surface area contributed by atoms with Gasteiger partial charge >= 0.3 is 5.69 Å². The molecule has 2 rings (SSSR count). The highest BCUT2D eigenvalue weighted by Gasteiger charge is 2.03. The molecule has 0 radical (unpaired) electrons. The molecule has 4 nitrogen and oxygen atoms in total. The van der Waals surface area contributed by atoms with Crippen molar-refractivity contribution >= 4 is 11.5 Å². The van der Waals surface area contributed by atoms with Gasteiger partial charge in [0, 0.05) is 12.6 Å². The maximum absolute atomic E-state index is 8.50.